The number of aliphatic hydroxyl groups excluding tert-OH is 2. The lowest BCUT2D eigenvalue weighted by molar-refractivity contribution is -0.333. The minimum absolute atomic E-state index is 0.109. The lowest BCUT2D eigenvalue weighted by atomic mass is 9.80. The summed E-state index contributed by atoms with van der Waals surface area (Å²) < 4.78 is 15.8. The number of nitrogens with two attached hydrogens (primary N) is 1. The normalized spacial score (nSPS) is 16.4. The third kappa shape index (κ3) is 8.53. The zero-order valence-electron chi connectivity index (χ0n) is 20.9. The van der Waals surface area contributed by atoms with Crippen molar-refractivity contribution in [1.29, 1.82) is 0 Å². The van der Waals surface area contributed by atoms with Gasteiger partial charge in [-0.1, -0.05) is 29.8 Å². The topological polar surface area (TPSA) is 221 Å². The summed E-state index contributed by atoms with van der Waals surface area (Å²) in [5.41, 5.74) is 7.70. The van der Waals surface area contributed by atoms with Gasteiger partial charge in [0, 0.05) is 17.3 Å². The molecule has 0 radical (unpaired) electrons. The van der Waals surface area contributed by atoms with Crippen molar-refractivity contribution < 1.29 is 53.8 Å². The van der Waals surface area contributed by atoms with E-state index < -0.39 is 42.0 Å². The van der Waals surface area contributed by atoms with E-state index in [9.17, 15) is 29.4 Å². The average molecular weight is 557 g/mol. The summed E-state index contributed by atoms with van der Waals surface area (Å²) in [6, 6.07) is 7.05. The van der Waals surface area contributed by atoms with E-state index in [4.69, 9.17) is 41.8 Å². The Morgan fingerprint density at radius 3 is 2.13 bits per heavy atom. The van der Waals surface area contributed by atoms with Crippen LogP contribution < -0.4 is 21.3 Å². The predicted octanol–water partition coefficient (Wildman–Crippen LogP) is -2.53. The lowest BCUT2D eigenvalue weighted by Gasteiger charge is -2.31. The number of allylic oxidation sites excluding steroid dienone is 1. The zero-order valence-corrected chi connectivity index (χ0v) is 21.6. The number of methoxy groups -OCH3 is 1. The van der Waals surface area contributed by atoms with Gasteiger partial charge in [-0.25, -0.2) is 9.59 Å². The fourth-order valence-electron chi connectivity index (χ4n) is 3.38. The van der Waals surface area contributed by atoms with Gasteiger partial charge in [-0.2, -0.15) is 0 Å². The summed E-state index contributed by atoms with van der Waals surface area (Å²) in [6.07, 6.45) is -4.88. The Hall–Kier alpha value is -3.49. The first-order chi connectivity index (χ1) is 17.9. The average Bonchev–Trinajstić information content (AvgIpc) is 2.87. The molecule has 14 heteroatoms. The number of carboxylic acid groups (broad SMARTS) is 2. The van der Waals surface area contributed by atoms with Crippen molar-refractivity contribution in [3.63, 3.8) is 0 Å². The first-order valence-corrected chi connectivity index (χ1v) is 11.6. The molecule has 1 aliphatic heterocycles. The molecule has 13 nitrogen and oxygen atoms in total. The summed E-state index contributed by atoms with van der Waals surface area (Å²) in [4.78, 5) is 44.7. The molecule has 1 aliphatic rings. The van der Waals surface area contributed by atoms with Crippen molar-refractivity contribution in [2.45, 2.75) is 32.0 Å². The summed E-state index contributed by atoms with van der Waals surface area (Å²) in [5.74, 6) is -5.98. The fraction of sp³-hybridized carbons (Fsp3) is 0.417. The minimum atomic E-state index is -2.44. The van der Waals surface area contributed by atoms with E-state index in [-0.39, 0.29) is 18.8 Å². The van der Waals surface area contributed by atoms with Gasteiger partial charge in [0.25, 0.3) is 0 Å². The Labute approximate surface area is 223 Å². The number of hydrogen-bond donors (Lipinski definition) is 4. The quantitative estimate of drug-likeness (QED) is 0.163. The van der Waals surface area contributed by atoms with Gasteiger partial charge in [0.05, 0.1) is 61.6 Å². The SMILES string of the molecule is CCOC(=O)C1=C(COCCN)NC(C)=C(C(=O)OC)[C@H]1c1ccccc1Cl.O=C([O-])[C@@H](O)[C@H](O)C(=O)[O-]. The van der Waals surface area contributed by atoms with Crippen molar-refractivity contribution in [1.82, 2.24) is 5.32 Å². The largest absolute Gasteiger partial charge is 0.547 e. The monoisotopic (exact) mass is 556 g/mol. The van der Waals surface area contributed by atoms with Crippen molar-refractivity contribution >= 4 is 35.5 Å². The molecule has 210 valence electrons. The molecular weight excluding hydrogens is 528 g/mol. The number of carboxylic acids is 2. The minimum Gasteiger partial charge on any atom is -0.547 e. The number of carbonyl (C=O) groups excluding carboxylic acids is 4. The molecule has 1 aromatic carbocycles. The highest BCUT2D eigenvalue weighted by Crippen LogP contribution is 2.41. The van der Waals surface area contributed by atoms with Crippen LogP contribution in [0.5, 0.6) is 0 Å². The summed E-state index contributed by atoms with van der Waals surface area (Å²) in [7, 11) is 1.29. The van der Waals surface area contributed by atoms with Crippen molar-refractivity contribution in [2.24, 2.45) is 5.73 Å². The maximum Gasteiger partial charge on any atom is 0.336 e. The lowest BCUT2D eigenvalue weighted by Crippen LogP contribution is -2.51. The van der Waals surface area contributed by atoms with Gasteiger partial charge in [0.2, 0.25) is 0 Å². The summed E-state index contributed by atoms with van der Waals surface area (Å²) in [6.45, 7) is 4.42. The van der Waals surface area contributed by atoms with E-state index in [1.165, 1.54) is 7.11 Å². The van der Waals surface area contributed by atoms with E-state index >= 15 is 0 Å². The molecule has 3 atom stereocenters. The Balaban J connectivity index is 0.000000612. The molecule has 1 aromatic rings. The first kappa shape index (κ1) is 32.5. The van der Waals surface area contributed by atoms with Gasteiger partial charge in [-0.05, 0) is 25.5 Å². The van der Waals surface area contributed by atoms with Crippen LogP contribution in [0.25, 0.3) is 0 Å². The molecule has 0 saturated carbocycles. The molecule has 0 unspecified atom stereocenters. The van der Waals surface area contributed by atoms with Crippen LogP contribution in [0.3, 0.4) is 0 Å². The van der Waals surface area contributed by atoms with Gasteiger partial charge < -0.3 is 55.3 Å². The number of aliphatic hydroxyl groups is 2. The van der Waals surface area contributed by atoms with Crippen molar-refractivity contribution in [3.05, 3.63) is 57.4 Å². The molecule has 0 fully saturated rings. The Morgan fingerprint density at radius 2 is 1.66 bits per heavy atom. The van der Waals surface area contributed by atoms with Gasteiger partial charge in [-0.15, -0.1) is 0 Å². The number of carbonyl (C=O) groups is 4. The maximum atomic E-state index is 12.9. The first-order valence-electron chi connectivity index (χ1n) is 11.2. The van der Waals surface area contributed by atoms with Crippen LogP contribution >= 0.6 is 11.6 Å². The number of ether oxygens (including phenoxy) is 3. The molecule has 0 aromatic heterocycles. The van der Waals surface area contributed by atoms with Crippen LogP contribution in [-0.2, 0) is 33.4 Å². The number of rotatable bonds is 11. The van der Waals surface area contributed by atoms with Crippen LogP contribution in [0.2, 0.25) is 5.02 Å². The highest BCUT2D eigenvalue weighted by Gasteiger charge is 2.39. The van der Waals surface area contributed by atoms with Crippen LogP contribution in [0, 0.1) is 0 Å². The highest BCUT2D eigenvalue weighted by molar-refractivity contribution is 6.31. The van der Waals surface area contributed by atoms with Crippen LogP contribution in [-0.4, -0.2) is 79.8 Å². The molecule has 0 spiro atoms. The third-order valence-electron chi connectivity index (χ3n) is 5.05. The fourth-order valence-corrected chi connectivity index (χ4v) is 3.62. The zero-order chi connectivity index (χ0) is 29.0. The second-order valence-corrected chi connectivity index (χ2v) is 8.00. The maximum absolute atomic E-state index is 12.9. The van der Waals surface area contributed by atoms with Crippen LogP contribution in [0.15, 0.2) is 46.8 Å². The molecular formula is C24H29ClN2O11-2. The van der Waals surface area contributed by atoms with Gasteiger partial charge in [0.15, 0.2) is 0 Å². The van der Waals surface area contributed by atoms with E-state index in [1.807, 2.05) is 0 Å². The molecule has 0 amide bonds. The Kier molecular flexibility index (Phi) is 13.4. The standard InChI is InChI=1S/C20H25ClN2O5.C4H6O6/c1-4-28-20(25)18-15(11-27-10-9-22)23-12(2)16(19(24)26-3)17(18)13-7-5-6-8-14(13)21;5-1(3(7)8)2(6)4(9)10/h5-8,17,23H,4,9-11,22H2,1-3H3;1-2,5-6H,(H,7,8)(H,9,10)/p-2/t17-;1-,2-/m10/s1. The molecule has 5 N–H and O–H groups in total. The Bertz CT molecular complexity index is 1070. The number of benzene rings is 1. The predicted molar refractivity (Wildman–Crippen MR) is 128 cm³/mol. The number of nitrogens with one attached hydrogen (secondary N) is 1. The van der Waals surface area contributed by atoms with Gasteiger partial charge >= 0.3 is 11.9 Å². The van der Waals surface area contributed by atoms with E-state index in [1.54, 1.807) is 38.1 Å². The summed E-state index contributed by atoms with van der Waals surface area (Å²) >= 11 is 6.42. The number of aliphatic carboxylic acids is 2. The molecule has 38 heavy (non-hydrogen) atoms. The third-order valence-corrected chi connectivity index (χ3v) is 5.40. The van der Waals surface area contributed by atoms with E-state index in [0.717, 1.165) is 0 Å². The number of dihydropyridines is 1. The van der Waals surface area contributed by atoms with Crippen LogP contribution in [0.1, 0.15) is 25.3 Å². The highest BCUT2D eigenvalue weighted by atomic mass is 35.5. The molecule has 0 bridgehead atoms. The van der Waals surface area contributed by atoms with E-state index in [2.05, 4.69) is 5.32 Å². The van der Waals surface area contributed by atoms with Crippen molar-refractivity contribution in [3.8, 4) is 0 Å². The second-order valence-electron chi connectivity index (χ2n) is 7.59. The van der Waals surface area contributed by atoms with Gasteiger partial charge in [-0.3, -0.25) is 0 Å². The molecule has 0 saturated heterocycles. The number of hydrogen-bond acceptors (Lipinski definition) is 13. The van der Waals surface area contributed by atoms with Crippen molar-refractivity contribution in [2.75, 3.05) is 33.5 Å². The van der Waals surface area contributed by atoms with E-state index in [0.29, 0.717) is 40.7 Å². The molecule has 2 rings (SSSR count). The smallest absolute Gasteiger partial charge is 0.336 e. The summed E-state index contributed by atoms with van der Waals surface area (Å²) in [5, 5.41) is 39.3. The number of halogens is 1. The Morgan fingerprint density at radius 1 is 1.08 bits per heavy atom. The molecule has 1 heterocycles. The molecule has 0 aliphatic carbocycles. The van der Waals surface area contributed by atoms with Crippen LogP contribution in [0.4, 0.5) is 0 Å². The van der Waals surface area contributed by atoms with Gasteiger partial charge in [0.1, 0.15) is 12.2 Å². The second kappa shape index (κ2) is 15.7. The number of esters is 2.